The van der Waals surface area contributed by atoms with Crippen molar-refractivity contribution in [1.29, 1.82) is 0 Å². The van der Waals surface area contributed by atoms with Crippen LogP contribution in [0, 0.1) is 5.92 Å². The minimum atomic E-state index is -0.365. The van der Waals surface area contributed by atoms with E-state index in [9.17, 15) is 14.4 Å². The highest BCUT2D eigenvalue weighted by Gasteiger charge is 2.28. The Kier molecular flexibility index (Phi) is 8.36. The first-order chi connectivity index (χ1) is 15.4. The smallest absolute Gasteiger partial charge is 0.309 e. The van der Waals surface area contributed by atoms with E-state index in [1.165, 1.54) is 6.07 Å². The van der Waals surface area contributed by atoms with Gasteiger partial charge in [0.15, 0.2) is 6.61 Å². The second-order valence-electron chi connectivity index (χ2n) is 7.31. The van der Waals surface area contributed by atoms with Gasteiger partial charge in [-0.2, -0.15) is 0 Å². The van der Waals surface area contributed by atoms with Crippen LogP contribution in [-0.2, 0) is 14.3 Å². The van der Waals surface area contributed by atoms with Gasteiger partial charge in [0.05, 0.1) is 17.5 Å². The predicted molar refractivity (Wildman–Crippen MR) is 122 cm³/mol. The summed E-state index contributed by atoms with van der Waals surface area (Å²) in [6, 6.07) is 11.4. The molecule has 3 rings (SSSR count). The second-order valence-corrected chi connectivity index (χ2v) is 8.15. The van der Waals surface area contributed by atoms with Crippen molar-refractivity contribution in [2.24, 2.45) is 5.92 Å². The van der Waals surface area contributed by atoms with Crippen LogP contribution in [0.1, 0.15) is 30.1 Å². The van der Waals surface area contributed by atoms with Crippen molar-refractivity contribution in [2.75, 3.05) is 31.6 Å². The molecule has 0 radical (unpaired) electrons. The van der Waals surface area contributed by atoms with Gasteiger partial charge < -0.3 is 19.7 Å². The van der Waals surface area contributed by atoms with Crippen LogP contribution in [0.4, 0.5) is 5.69 Å². The lowest BCUT2D eigenvalue weighted by Crippen LogP contribution is -2.40. The standard InChI is InChI=1S/C23H24Cl2N2O5/c1-2-31-23(30)16-9-11-27(12-10-16)22(29)15-3-6-18(7-4-15)26-21(28)14-32-20-8-5-17(24)13-19(20)25/h3-8,13,16H,2,9-12,14H2,1H3,(H,26,28). The van der Waals surface area contributed by atoms with E-state index in [0.29, 0.717) is 59.6 Å². The number of piperidine rings is 1. The molecule has 1 aliphatic heterocycles. The zero-order valence-corrected chi connectivity index (χ0v) is 19.1. The van der Waals surface area contributed by atoms with Crippen molar-refractivity contribution in [3.05, 3.63) is 58.1 Å². The van der Waals surface area contributed by atoms with Crippen LogP contribution >= 0.6 is 23.2 Å². The van der Waals surface area contributed by atoms with Crippen LogP contribution < -0.4 is 10.1 Å². The van der Waals surface area contributed by atoms with Crippen LogP contribution in [0.2, 0.25) is 10.0 Å². The number of nitrogens with one attached hydrogen (secondary N) is 1. The third kappa shape index (κ3) is 6.37. The number of benzene rings is 2. The minimum Gasteiger partial charge on any atom is -0.482 e. The van der Waals surface area contributed by atoms with E-state index >= 15 is 0 Å². The highest BCUT2D eigenvalue weighted by molar-refractivity contribution is 6.35. The number of amides is 2. The van der Waals surface area contributed by atoms with E-state index in [4.69, 9.17) is 32.7 Å². The number of nitrogens with zero attached hydrogens (tertiary/aromatic N) is 1. The summed E-state index contributed by atoms with van der Waals surface area (Å²) in [5, 5.41) is 3.51. The third-order valence-electron chi connectivity index (χ3n) is 5.07. The van der Waals surface area contributed by atoms with E-state index in [0.717, 1.165) is 0 Å². The van der Waals surface area contributed by atoms with Crippen molar-refractivity contribution in [2.45, 2.75) is 19.8 Å². The van der Waals surface area contributed by atoms with E-state index in [1.54, 1.807) is 48.2 Å². The minimum absolute atomic E-state index is 0.106. The molecule has 2 aromatic carbocycles. The number of hydrogen-bond acceptors (Lipinski definition) is 5. The number of hydrogen-bond donors (Lipinski definition) is 1. The first-order valence-electron chi connectivity index (χ1n) is 10.3. The second kappa shape index (κ2) is 11.2. The molecule has 2 aromatic rings. The van der Waals surface area contributed by atoms with Crippen LogP contribution in [-0.4, -0.2) is 49.0 Å². The Morgan fingerprint density at radius 1 is 1.06 bits per heavy atom. The Labute approximate surface area is 196 Å². The molecule has 0 bridgehead atoms. The summed E-state index contributed by atoms with van der Waals surface area (Å²) in [5.41, 5.74) is 1.06. The lowest BCUT2D eigenvalue weighted by Gasteiger charge is -2.31. The molecule has 0 aromatic heterocycles. The number of carbonyl (C=O) groups excluding carboxylic acids is 3. The topological polar surface area (TPSA) is 84.9 Å². The number of anilines is 1. The zero-order chi connectivity index (χ0) is 23.1. The molecule has 9 heteroatoms. The highest BCUT2D eigenvalue weighted by Crippen LogP contribution is 2.27. The Morgan fingerprint density at radius 3 is 2.38 bits per heavy atom. The van der Waals surface area contributed by atoms with Gasteiger partial charge in [0.25, 0.3) is 11.8 Å². The Hall–Kier alpha value is -2.77. The molecule has 1 N–H and O–H groups in total. The van der Waals surface area contributed by atoms with Gasteiger partial charge in [0.2, 0.25) is 0 Å². The van der Waals surface area contributed by atoms with E-state index in [2.05, 4.69) is 5.32 Å². The Balaban J connectivity index is 1.48. The summed E-state index contributed by atoms with van der Waals surface area (Å²) < 4.78 is 10.5. The van der Waals surface area contributed by atoms with E-state index in [-0.39, 0.29) is 30.3 Å². The molecule has 7 nitrogen and oxygen atoms in total. The highest BCUT2D eigenvalue weighted by atomic mass is 35.5. The van der Waals surface area contributed by atoms with Gasteiger partial charge >= 0.3 is 5.97 Å². The quantitative estimate of drug-likeness (QED) is 0.595. The van der Waals surface area contributed by atoms with Gasteiger partial charge in [-0.15, -0.1) is 0 Å². The SMILES string of the molecule is CCOC(=O)C1CCN(C(=O)c2ccc(NC(=O)COc3ccc(Cl)cc3Cl)cc2)CC1. The Bertz CT molecular complexity index is 973. The van der Waals surface area contributed by atoms with Gasteiger partial charge in [0.1, 0.15) is 5.75 Å². The molecule has 1 heterocycles. The molecule has 1 fully saturated rings. The molecule has 0 unspecified atom stereocenters. The maximum atomic E-state index is 12.7. The van der Waals surface area contributed by atoms with Crippen molar-refractivity contribution in [1.82, 2.24) is 4.90 Å². The number of ether oxygens (including phenoxy) is 2. The van der Waals surface area contributed by atoms with Crippen LogP contribution in [0.15, 0.2) is 42.5 Å². The van der Waals surface area contributed by atoms with Crippen LogP contribution in [0.3, 0.4) is 0 Å². The summed E-state index contributed by atoms with van der Waals surface area (Å²) in [6.07, 6.45) is 1.19. The molecule has 2 amide bonds. The van der Waals surface area contributed by atoms with E-state index < -0.39 is 0 Å². The molecule has 0 spiro atoms. The lowest BCUT2D eigenvalue weighted by atomic mass is 9.96. The fourth-order valence-corrected chi connectivity index (χ4v) is 3.85. The fourth-order valence-electron chi connectivity index (χ4n) is 3.39. The molecular formula is C23H24Cl2N2O5. The fraction of sp³-hybridized carbons (Fsp3) is 0.348. The number of likely N-dealkylation sites (tertiary alicyclic amines) is 1. The summed E-state index contributed by atoms with van der Waals surface area (Å²) in [4.78, 5) is 38.5. The van der Waals surface area contributed by atoms with Crippen LogP contribution in [0.5, 0.6) is 5.75 Å². The molecule has 0 saturated carbocycles. The van der Waals surface area contributed by atoms with Crippen molar-refractivity contribution in [3.63, 3.8) is 0 Å². The molecule has 1 saturated heterocycles. The van der Waals surface area contributed by atoms with E-state index in [1.807, 2.05) is 0 Å². The number of carbonyl (C=O) groups is 3. The first-order valence-corrected chi connectivity index (χ1v) is 11.1. The monoisotopic (exact) mass is 478 g/mol. The molecular weight excluding hydrogens is 455 g/mol. The van der Waals surface area contributed by atoms with Gasteiger partial charge in [-0.25, -0.2) is 0 Å². The summed E-state index contributed by atoms with van der Waals surface area (Å²) in [6.45, 7) is 2.93. The molecule has 170 valence electrons. The maximum absolute atomic E-state index is 12.7. The van der Waals surface area contributed by atoms with Crippen molar-refractivity contribution < 1.29 is 23.9 Å². The van der Waals surface area contributed by atoms with Gasteiger partial charge in [0, 0.05) is 29.4 Å². The molecule has 0 aliphatic carbocycles. The summed E-state index contributed by atoms with van der Waals surface area (Å²) >= 11 is 11.9. The number of esters is 1. The number of halogens is 2. The average molecular weight is 479 g/mol. The lowest BCUT2D eigenvalue weighted by molar-refractivity contribution is -0.149. The van der Waals surface area contributed by atoms with Crippen LogP contribution in [0.25, 0.3) is 0 Å². The van der Waals surface area contributed by atoms with Gasteiger partial charge in [-0.1, -0.05) is 23.2 Å². The maximum Gasteiger partial charge on any atom is 0.309 e. The third-order valence-corrected chi connectivity index (χ3v) is 5.60. The molecule has 1 aliphatic rings. The van der Waals surface area contributed by atoms with Crippen molar-refractivity contribution >= 4 is 46.7 Å². The molecule has 0 atom stereocenters. The normalized spacial score (nSPS) is 14.0. The number of rotatable bonds is 7. The summed E-state index contributed by atoms with van der Waals surface area (Å²) in [7, 11) is 0. The zero-order valence-electron chi connectivity index (χ0n) is 17.6. The average Bonchev–Trinajstić information content (AvgIpc) is 2.79. The van der Waals surface area contributed by atoms with Crippen molar-refractivity contribution in [3.8, 4) is 5.75 Å². The largest absolute Gasteiger partial charge is 0.482 e. The molecule has 32 heavy (non-hydrogen) atoms. The van der Waals surface area contributed by atoms with Gasteiger partial charge in [-0.3, -0.25) is 14.4 Å². The van der Waals surface area contributed by atoms with Gasteiger partial charge in [-0.05, 0) is 62.2 Å². The predicted octanol–water partition coefficient (Wildman–Crippen LogP) is 4.43. The first kappa shape index (κ1) is 23.9. The summed E-state index contributed by atoms with van der Waals surface area (Å²) in [5.74, 6) is -0.454. The Morgan fingerprint density at radius 2 is 1.75 bits per heavy atom.